The number of esters is 1. The number of amides is 1. The second-order valence-electron chi connectivity index (χ2n) is 6.69. The van der Waals surface area contributed by atoms with E-state index in [1.807, 2.05) is 0 Å². The minimum Gasteiger partial charge on any atom is -0.466 e. The summed E-state index contributed by atoms with van der Waals surface area (Å²) in [5.41, 5.74) is 0.224. The third-order valence-electron chi connectivity index (χ3n) is 4.73. The minimum absolute atomic E-state index is 0.247. The number of thioether (sulfide) groups is 1. The Bertz CT molecular complexity index is 1110. The molecule has 3 heterocycles. The molecular formula is C20H19N3O5S. The largest absolute Gasteiger partial charge is 0.466 e. The fourth-order valence-electron chi connectivity index (χ4n) is 3.33. The van der Waals surface area contributed by atoms with Crippen LogP contribution >= 0.6 is 11.8 Å². The Hall–Kier alpha value is -3.07. The summed E-state index contributed by atoms with van der Waals surface area (Å²) in [7, 11) is 0. The van der Waals surface area contributed by atoms with Gasteiger partial charge >= 0.3 is 5.97 Å². The van der Waals surface area contributed by atoms with E-state index >= 15 is 0 Å². The number of ether oxygens (including phenoxy) is 1. The highest BCUT2D eigenvalue weighted by Gasteiger charge is 2.43. The SMILES string of the molecule is CC(=O)N1[C@@H](C(=O)O[C@H](C)c2nc3ccccc3c(=O)[nH]2)CS[C@@H]1c1ccco1. The molecule has 1 aliphatic rings. The van der Waals surface area contributed by atoms with Gasteiger partial charge in [-0.1, -0.05) is 12.1 Å². The Morgan fingerprint density at radius 1 is 1.31 bits per heavy atom. The Kier molecular flexibility index (Phi) is 5.14. The van der Waals surface area contributed by atoms with Crippen molar-refractivity contribution in [3.63, 3.8) is 0 Å². The molecule has 3 atom stereocenters. The van der Waals surface area contributed by atoms with Crippen LogP contribution in [0.15, 0.2) is 51.9 Å². The smallest absolute Gasteiger partial charge is 0.330 e. The standard InChI is InChI=1S/C20H19N3O5S/c1-11(17-21-14-7-4-3-6-13(14)18(25)22-17)28-20(26)15-10-29-19(23(15)12(2)24)16-8-5-9-27-16/h3-9,11,15,19H,10H2,1-2H3,(H,21,22,25)/t11-,15-,19-/m1/s1. The fraction of sp³-hybridized carbons (Fsp3) is 0.300. The number of hydrogen-bond acceptors (Lipinski definition) is 7. The Balaban J connectivity index is 1.54. The number of aromatic nitrogens is 2. The summed E-state index contributed by atoms with van der Waals surface area (Å²) in [4.78, 5) is 45.8. The number of aromatic amines is 1. The number of rotatable bonds is 4. The second-order valence-corrected chi connectivity index (χ2v) is 7.80. The first-order valence-electron chi connectivity index (χ1n) is 9.09. The quantitative estimate of drug-likeness (QED) is 0.656. The summed E-state index contributed by atoms with van der Waals surface area (Å²) in [5, 5.41) is 0.0833. The number of carbonyl (C=O) groups excluding carboxylic acids is 2. The first kappa shape index (κ1) is 19.3. The first-order valence-corrected chi connectivity index (χ1v) is 10.1. The molecule has 0 radical (unpaired) electrons. The average molecular weight is 413 g/mol. The number of carbonyl (C=O) groups is 2. The molecule has 1 fully saturated rings. The molecule has 4 rings (SSSR count). The molecule has 0 spiro atoms. The highest BCUT2D eigenvalue weighted by molar-refractivity contribution is 7.99. The number of para-hydroxylation sites is 1. The van der Waals surface area contributed by atoms with Crippen molar-refractivity contribution >= 4 is 34.5 Å². The molecule has 29 heavy (non-hydrogen) atoms. The van der Waals surface area contributed by atoms with E-state index in [9.17, 15) is 14.4 Å². The van der Waals surface area contributed by atoms with Crippen LogP contribution in [0.3, 0.4) is 0 Å². The lowest BCUT2D eigenvalue weighted by Crippen LogP contribution is -2.43. The molecule has 8 nitrogen and oxygen atoms in total. The van der Waals surface area contributed by atoms with Gasteiger partial charge in [0, 0.05) is 12.7 Å². The summed E-state index contributed by atoms with van der Waals surface area (Å²) in [6.45, 7) is 3.04. The molecule has 1 aromatic carbocycles. The average Bonchev–Trinajstić information content (AvgIpc) is 3.37. The molecule has 0 aliphatic carbocycles. The number of H-pyrrole nitrogens is 1. The zero-order chi connectivity index (χ0) is 20.5. The van der Waals surface area contributed by atoms with Crippen LogP contribution in [0.5, 0.6) is 0 Å². The van der Waals surface area contributed by atoms with Crippen LogP contribution in [0, 0.1) is 0 Å². The number of furan rings is 1. The van der Waals surface area contributed by atoms with Crippen molar-refractivity contribution in [1.82, 2.24) is 14.9 Å². The van der Waals surface area contributed by atoms with E-state index in [0.29, 0.717) is 22.4 Å². The zero-order valence-corrected chi connectivity index (χ0v) is 16.6. The van der Waals surface area contributed by atoms with Crippen molar-refractivity contribution in [3.8, 4) is 0 Å². The molecule has 3 aromatic rings. The number of nitrogens with zero attached hydrogens (tertiary/aromatic N) is 2. The van der Waals surface area contributed by atoms with Crippen LogP contribution in [0.2, 0.25) is 0 Å². The predicted molar refractivity (Wildman–Crippen MR) is 107 cm³/mol. The van der Waals surface area contributed by atoms with Crippen molar-refractivity contribution in [1.29, 1.82) is 0 Å². The van der Waals surface area contributed by atoms with E-state index in [1.54, 1.807) is 43.3 Å². The van der Waals surface area contributed by atoms with E-state index in [-0.39, 0.29) is 22.7 Å². The Morgan fingerprint density at radius 2 is 2.10 bits per heavy atom. The molecule has 150 valence electrons. The van der Waals surface area contributed by atoms with Gasteiger partial charge in [-0.15, -0.1) is 11.8 Å². The van der Waals surface area contributed by atoms with Gasteiger partial charge in [-0.2, -0.15) is 0 Å². The normalized spacial score (nSPS) is 20.0. The van der Waals surface area contributed by atoms with Crippen LogP contribution in [-0.2, 0) is 14.3 Å². The lowest BCUT2D eigenvalue weighted by atomic mass is 10.2. The van der Waals surface area contributed by atoms with Crippen molar-refractivity contribution in [3.05, 3.63) is 64.6 Å². The van der Waals surface area contributed by atoms with Gasteiger partial charge in [0.1, 0.15) is 17.2 Å². The van der Waals surface area contributed by atoms with Gasteiger partial charge in [-0.25, -0.2) is 9.78 Å². The van der Waals surface area contributed by atoms with Crippen molar-refractivity contribution in [2.75, 3.05) is 5.75 Å². The summed E-state index contributed by atoms with van der Waals surface area (Å²) in [6, 6.07) is 9.70. The van der Waals surface area contributed by atoms with Gasteiger partial charge in [-0.05, 0) is 31.2 Å². The summed E-state index contributed by atoms with van der Waals surface area (Å²) >= 11 is 1.44. The Morgan fingerprint density at radius 3 is 2.83 bits per heavy atom. The Labute approximate surface area is 170 Å². The number of hydrogen-bond donors (Lipinski definition) is 1. The van der Waals surface area contributed by atoms with Crippen LogP contribution in [0.25, 0.3) is 10.9 Å². The van der Waals surface area contributed by atoms with Gasteiger partial charge in [0.2, 0.25) is 5.91 Å². The topological polar surface area (TPSA) is 105 Å². The second kappa shape index (κ2) is 7.75. The lowest BCUT2D eigenvalue weighted by molar-refractivity contribution is -0.158. The molecule has 1 N–H and O–H groups in total. The van der Waals surface area contributed by atoms with Crippen molar-refractivity contribution < 1.29 is 18.7 Å². The van der Waals surface area contributed by atoms with E-state index in [2.05, 4.69) is 9.97 Å². The van der Waals surface area contributed by atoms with Gasteiger partial charge in [0.15, 0.2) is 11.9 Å². The molecule has 0 bridgehead atoms. The maximum absolute atomic E-state index is 12.8. The predicted octanol–water partition coefficient (Wildman–Crippen LogP) is 2.78. The number of nitrogens with one attached hydrogen (secondary N) is 1. The molecule has 0 saturated carbocycles. The lowest BCUT2D eigenvalue weighted by Gasteiger charge is -2.26. The van der Waals surface area contributed by atoms with Gasteiger partial charge in [0.05, 0.1) is 17.2 Å². The highest BCUT2D eigenvalue weighted by Crippen LogP contribution is 2.42. The molecule has 9 heteroatoms. The zero-order valence-electron chi connectivity index (χ0n) is 15.8. The van der Waals surface area contributed by atoms with Crippen LogP contribution in [0.1, 0.15) is 36.9 Å². The van der Waals surface area contributed by atoms with Crippen LogP contribution < -0.4 is 5.56 Å². The first-order chi connectivity index (χ1) is 14.0. The molecular weight excluding hydrogens is 394 g/mol. The maximum Gasteiger partial charge on any atom is 0.330 e. The number of benzene rings is 1. The van der Waals surface area contributed by atoms with Crippen molar-refractivity contribution in [2.24, 2.45) is 0 Å². The summed E-state index contributed by atoms with van der Waals surface area (Å²) in [5.74, 6) is 0.449. The summed E-state index contributed by atoms with van der Waals surface area (Å²) < 4.78 is 11.0. The van der Waals surface area contributed by atoms with E-state index in [4.69, 9.17) is 9.15 Å². The van der Waals surface area contributed by atoms with E-state index < -0.39 is 18.1 Å². The highest BCUT2D eigenvalue weighted by atomic mass is 32.2. The fourth-order valence-corrected chi connectivity index (χ4v) is 4.74. The monoisotopic (exact) mass is 413 g/mol. The van der Waals surface area contributed by atoms with Gasteiger partial charge in [-0.3, -0.25) is 9.59 Å². The van der Waals surface area contributed by atoms with Crippen LogP contribution in [0.4, 0.5) is 0 Å². The molecule has 0 unspecified atom stereocenters. The summed E-state index contributed by atoms with van der Waals surface area (Å²) in [6.07, 6.45) is 0.755. The number of fused-ring (bicyclic) bond motifs is 1. The van der Waals surface area contributed by atoms with Gasteiger partial charge < -0.3 is 19.0 Å². The molecule has 2 aromatic heterocycles. The van der Waals surface area contributed by atoms with E-state index in [1.165, 1.54) is 29.8 Å². The third-order valence-corrected chi connectivity index (χ3v) is 6.02. The van der Waals surface area contributed by atoms with Crippen molar-refractivity contribution in [2.45, 2.75) is 31.4 Å². The molecule has 1 saturated heterocycles. The third kappa shape index (κ3) is 3.65. The minimum atomic E-state index is -0.777. The van der Waals surface area contributed by atoms with E-state index in [0.717, 1.165) is 0 Å². The maximum atomic E-state index is 12.8. The van der Waals surface area contributed by atoms with Crippen LogP contribution in [-0.4, -0.2) is 38.5 Å². The molecule has 1 aliphatic heterocycles. The van der Waals surface area contributed by atoms with Gasteiger partial charge in [0.25, 0.3) is 5.56 Å². The molecule has 1 amide bonds.